The Balaban J connectivity index is 2.92. The van der Waals surface area contributed by atoms with Crippen molar-refractivity contribution in [3.8, 4) is 0 Å². The first kappa shape index (κ1) is 13.7. The summed E-state index contributed by atoms with van der Waals surface area (Å²) in [7, 11) is -3.66. The van der Waals surface area contributed by atoms with Gasteiger partial charge in [-0.1, -0.05) is 13.8 Å². The number of H-pyrrole nitrogens is 1. The van der Waals surface area contributed by atoms with E-state index in [1.165, 1.54) is 19.3 Å². The lowest BCUT2D eigenvalue weighted by atomic mass is 10.2. The summed E-state index contributed by atoms with van der Waals surface area (Å²) in [5, 5.41) is 14.8. The number of aromatic nitrogens is 2. The molecule has 0 spiro atoms. The van der Waals surface area contributed by atoms with Crippen molar-refractivity contribution in [1.82, 2.24) is 14.5 Å². The molecule has 1 atom stereocenters. The number of hydrogen-bond acceptors (Lipinski definition) is 4. The van der Waals surface area contributed by atoms with Gasteiger partial charge >= 0.3 is 5.97 Å². The molecule has 1 unspecified atom stereocenters. The molecule has 0 aromatic carbocycles. The molecular weight excluding hydrogens is 246 g/mol. The highest BCUT2D eigenvalue weighted by Gasteiger charge is 2.27. The molecule has 0 saturated carbocycles. The third-order valence-corrected chi connectivity index (χ3v) is 4.27. The highest BCUT2D eigenvalue weighted by Crippen LogP contribution is 2.15. The van der Waals surface area contributed by atoms with E-state index in [1.807, 2.05) is 0 Å². The maximum atomic E-state index is 12.1. The summed E-state index contributed by atoms with van der Waals surface area (Å²) in [4.78, 5) is 10.8. The molecule has 1 heterocycles. The van der Waals surface area contributed by atoms with Crippen LogP contribution in [-0.2, 0) is 14.8 Å². The monoisotopic (exact) mass is 261 g/mol. The third-order valence-electron chi connectivity index (χ3n) is 2.36. The van der Waals surface area contributed by atoms with Gasteiger partial charge in [-0.05, 0) is 0 Å². The number of rotatable bonds is 6. The number of carboxylic acid groups (broad SMARTS) is 1. The highest BCUT2D eigenvalue weighted by atomic mass is 32.2. The maximum absolute atomic E-state index is 12.1. The Labute approximate surface area is 99.5 Å². The van der Waals surface area contributed by atoms with Crippen LogP contribution in [-0.4, -0.2) is 47.1 Å². The van der Waals surface area contributed by atoms with E-state index in [1.54, 1.807) is 6.92 Å². The average Bonchev–Trinajstić information content (AvgIpc) is 2.78. The van der Waals surface area contributed by atoms with Gasteiger partial charge in [-0.25, -0.2) is 8.42 Å². The Kier molecular flexibility index (Phi) is 4.24. The van der Waals surface area contributed by atoms with E-state index in [0.717, 1.165) is 4.31 Å². The van der Waals surface area contributed by atoms with E-state index in [2.05, 4.69) is 10.2 Å². The fourth-order valence-electron chi connectivity index (χ4n) is 1.31. The van der Waals surface area contributed by atoms with Crippen LogP contribution in [0.25, 0.3) is 0 Å². The third kappa shape index (κ3) is 3.04. The van der Waals surface area contributed by atoms with Crippen LogP contribution in [0.15, 0.2) is 17.3 Å². The van der Waals surface area contributed by atoms with Crippen molar-refractivity contribution in [3.63, 3.8) is 0 Å². The molecule has 7 nitrogen and oxygen atoms in total. The molecule has 0 amide bonds. The van der Waals surface area contributed by atoms with Gasteiger partial charge in [0.15, 0.2) is 0 Å². The number of hydrogen-bond donors (Lipinski definition) is 2. The van der Waals surface area contributed by atoms with Crippen molar-refractivity contribution in [2.45, 2.75) is 18.7 Å². The summed E-state index contributed by atoms with van der Waals surface area (Å²) >= 11 is 0. The van der Waals surface area contributed by atoms with E-state index in [9.17, 15) is 13.2 Å². The topological polar surface area (TPSA) is 103 Å². The molecular formula is C9H15N3O4S. The van der Waals surface area contributed by atoms with Gasteiger partial charge in [0.2, 0.25) is 10.0 Å². The SMILES string of the molecule is CCN(CC(C)C(=O)O)S(=O)(=O)c1cn[nH]c1. The first-order chi connectivity index (χ1) is 7.89. The maximum Gasteiger partial charge on any atom is 0.307 e. The Bertz CT molecular complexity index is 468. The van der Waals surface area contributed by atoms with Gasteiger partial charge in [-0.2, -0.15) is 9.40 Å². The number of sulfonamides is 1. The van der Waals surface area contributed by atoms with Crippen molar-refractivity contribution < 1.29 is 18.3 Å². The van der Waals surface area contributed by atoms with Gasteiger partial charge in [0, 0.05) is 19.3 Å². The summed E-state index contributed by atoms with van der Waals surface area (Å²) in [5.41, 5.74) is 0. The lowest BCUT2D eigenvalue weighted by molar-refractivity contribution is -0.141. The fourth-order valence-corrected chi connectivity index (χ4v) is 2.76. The van der Waals surface area contributed by atoms with Crippen LogP contribution in [0.5, 0.6) is 0 Å². The fraction of sp³-hybridized carbons (Fsp3) is 0.556. The van der Waals surface area contributed by atoms with E-state index in [-0.39, 0.29) is 18.0 Å². The van der Waals surface area contributed by atoms with E-state index >= 15 is 0 Å². The summed E-state index contributed by atoms with van der Waals surface area (Å²) in [6, 6.07) is 0. The smallest absolute Gasteiger partial charge is 0.307 e. The molecule has 8 heteroatoms. The van der Waals surface area contributed by atoms with Crippen molar-refractivity contribution >= 4 is 16.0 Å². The summed E-state index contributed by atoms with van der Waals surface area (Å²) in [6.45, 7) is 3.28. The number of carbonyl (C=O) groups is 1. The molecule has 1 rings (SSSR count). The minimum absolute atomic E-state index is 0.0388. The second-order valence-corrected chi connectivity index (χ2v) is 5.57. The van der Waals surface area contributed by atoms with E-state index in [4.69, 9.17) is 5.11 Å². The standard InChI is InChI=1S/C9H15N3O4S/c1-3-12(6-7(2)9(13)14)17(15,16)8-4-10-11-5-8/h4-5,7H,3,6H2,1-2H3,(H,10,11)(H,13,14). The largest absolute Gasteiger partial charge is 0.481 e. The predicted octanol–water partition coefficient (Wildman–Crippen LogP) is 0.141. The number of aromatic amines is 1. The molecule has 0 saturated heterocycles. The van der Waals surface area contributed by atoms with Gasteiger partial charge in [-0.3, -0.25) is 9.89 Å². The second kappa shape index (κ2) is 5.28. The van der Waals surface area contributed by atoms with Gasteiger partial charge in [0.1, 0.15) is 4.90 Å². The Morgan fingerprint density at radius 2 is 2.29 bits per heavy atom. The van der Waals surface area contributed by atoms with Crippen molar-refractivity contribution in [2.24, 2.45) is 5.92 Å². The summed E-state index contributed by atoms with van der Waals surface area (Å²) in [5.74, 6) is -1.78. The van der Waals surface area contributed by atoms with Crippen molar-refractivity contribution in [1.29, 1.82) is 0 Å². The molecule has 2 N–H and O–H groups in total. The zero-order valence-corrected chi connectivity index (χ0v) is 10.4. The quantitative estimate of drug-likeness (QED) is 0.758. The van der Waals surface area contributed by atoms with Crippen LogP contribution in [0.4, 0.5) is 0 Å². The van der Waals surface area contributed by atoms with E-state index < -0.39 is 21.9 Å². The molecule has 0 radical (unpaired) electrons. The number of aliphatic carboxylic acids is 1. The van der Waals surface area contributed by atoms with Gasteiger partial charge in [0.25, 0.3) is 0 Å². The van der Waals surface area contributed by atoms with Gasteiger partial charge in [-0.15, -0.1) is 0 Å². The molecule has 17 heavy (non-hydrogen) atoms. The normalized spacial score (nSPS) is 13.8. The molecule has 1 aromatic rings. The van der Waals surface area contributed by atoms with Crippen LogP contribution < -0.4 is 0 Å². The average molecular weight is 261 g/mol. The summed E-state index contributed by atoms with van der Waals surface area (Å²) < 4.78 is 25.2. The second-order valence-electron chi connectivity index (χ2n) is 3.63. The van der Waals surface area contributed by atoms with Gasteiger partial charge in [0.05, 0.1) is 12.1 Å². The highest BCUT2D eigenvalue weighted by molar-refractivity contribution is 7.89. The number of nitrogens with one attached hydrogen (secondary N) is 1. The van der Waals surface area contributed by atoms with Crippen LogP contribution in [0.3, 0.4) is 0 Å². The summed E-state index contributed by atoms with van der Waals surface area (Å²) in [6.07, 6.45) is 2.47. The Hall–Kier alpha value is -1.41. The minimum Gasteiger partial charge on any atom is -0.481 e. The lowest BCUT2D eigenvalue weighted by Crippen LogP contribution is -2.36. The first-order valence-corrected chi connectivity index (χ1v) is 6.55. The molecule has 0 aliphatic rings. The van der Waals surface area contributed by atoms with Crippen molar-refractivity contribution in [3.05, 3.63) is 12.4 Å². The number of carboxylic acids is 1. The minimum atomic E-state index is -3.66. The molecule has 0 aliphatic carbocycles. The van der Waals surface area contributed by atoms with Crippen LogP contribution in [0.2, 0.25) is 0 Å². The number of nitrogens with zero attached hydrogens (tertiary/aromatic N) is 2. The van der Waals surface area contributed by atoms with E-state index in [0.29, 0.717) is 0 Å². The zero-order chi connectivity index (χ0) is 13.1. The molecule has 96 valence electrons. The van der Waals surface area contributed by atoms with Crippen LogP contribution in [0.1, 0.15) is 13.8 Å². The molecule has 0 fully saturated rings. The Morgan fingerprint density at radius 3 is 2.71 bits per heavy atom. The van der Waals surface area contributed by atoms with Crippen LogP contribution >= 0.6 is 0 Å². The first-order valence-electron chi connectivity index (χ1n) is 5.11. The molecule has 1 aromatic heterocycles. The predicted molar refractivity (Wildman–Crippen MR) is 59.8 cm³/mol. The molecule has 0 aliphatic heterocycles. The van der Waals surface area contributed by atoms with Crippen molar-refractivity contribution in [2.75, 3.05) is 13.1 Å². The van der Waals surface area contributed by atoms with Gasteiger partial charge < -0.3 is 5.11 Å². The zero-order valence-electron chi connectivity index (χ0n) is 9.62. The molecule has 0 bridgehead atoms. The Morgan fingerprint density at radius 1 is 1.65 bits per heavy atom. The lowest BCUT2D eigenvalue weighted by Gasteiger charge is -2.21. The van der Waals surface area contributed by atoms with Crippen LogP contribution in [0, 0.1) is 5.92 Å².